The van der Waals surface area contributed by atoms with E-state index < -0.39 is 29.7 Å². The van der Waals surface area contributed by atoms with Crippen molar-refractivity contribution in [2.75, 3.05) is 71.8 Å². The number of ketones is 1. The van der Waals surface area contributed by atoms with Gasteiger partial charge in [0.2, 0.25) is 17.7 Å². The number of benzene rings is 1. The van der Waals surface area contributed by atoms with Crippen molar-refractivity contribution in [1.82, 2.24) is 44.9 Å². The summed E-state index contributed by atoms with van der Waals surface area (Å²) in [6, 6.07) is 7.29. The van der Waals surface area contributed by atoms with Crippen LogP contribution >= 0.6 is 23.2 Å². The van der Waals surface area contributed by atoms with Gasteiger partial charge in [-0.3, -0.25) is 39.0 Å². The van der Waals surface area contributed by atoms with Gasteiger partial charge in [0.05, 0.1) is 80.4 Å². The number of amides is 5. The molecular formula is C47H56Cl2N10O11. The number of rotatable bonds is 25. The maximum Gasteiger partial charge on any atom is 0.264 e. The van der Waals surface area contributed by atoms with Crippen molar-refractivity contribution in [1.29, 1.82) is 0 Å². The molecule has 2 aliphatic heterocycles. The first kappa shape index (κ1) is 53.2. The van der Waals surface area contributed by atoms with E-state index in [1.54, 1.807) is 73.7 Å². The SMILES string of the molecule is CCC(=O)NCc1cnn(-c2ncc(CC(=O)Cc3cnc4cc(Cl)nn4c3[C@H](C)OC)cc2Cl)c1.CCOCCOCCOCCOCCNc1cccc2c1C(=O)N(C1CCC(=O)NC1=O)C2=O. The fourth-order valence-electron chi connectivity index (χ4n) is 7.50. The van der Waals surface area contributed by atoms with Crippen molar-refractivity contribution in [2.45, 2.75) is 71.6 Å². The molecule has 23 heteroatoms. The van der Waals surface area contributed by atoms with Crippen LogP contribution in [0.1, 0.15) is 89.2 Å². The van der Waals surface area contributed by atoms with Crippen molar-refractivity contribution >= 4 is 69.9 Å². The minimum atomic E-state index is -0.989. The van der Waals surface area contributed by atoms with Crippen LogP contribution in [0.2, 0.25) is 10.2 Å². The molecule has 1 unspecified atom stereocenters. The van der Waals surface area contributed by atoms with Gasteiger partial charge in [-0.2, -0.15) is 10.2 Å². The van der Waals surface area contributed by atoms with Crippen LogP contribution in [-0.2, 0) is 62.2 Å². The van der Waals surface area contributed by atoms with Crippen LogP contribution in [0.15, 0.2) is 55.1 Å². The third kappa shape index (κ3) is 14.0. The van der Waals surface area contributed by atoms with Crippen LogP contribution in [0, 0.1) is 0 Å². The molecule has 1 fully saturated rings. The highest BCUT2D eigenvalue weighted by Crippen LogP contribution is 2.32. The van der Waals surface area contributed by atoms with Gasteiger partial charge in [-0.25, -0.2) is 19.2 Å². The van der Waals surface area contributed by atoms with E-state index in [0.29, 0.717) is 111 Å². The smallest absolute Gasteiger partial charge is 0.264 e. The molecule has 374 valence electrons. The molecule has 2 atom stereocenters. The number of methoxy groups -OCH3 is 1. The van der Waals surface area contributed by atoms with Gasteiger partial charge in [-0.15, -0.1) is 0 Å². The minimum absolute atomic E-state index is 0.0409. The summed E-state index contributed by atoms with van der Waals surface area (Å²) in [4.78, 5) is 83.6. The molecule has 1 saturated heterocycles. The van der Waals surface area contributed by atoms with Gasteiger partial charge >= 0.3 is 0 Å². The zero-order chi connectivity index (χ0) is 50.2. The number of fused-ring (bicyclic) bond motifs is 2. The monoisotopic (exact) mass is 1010 g/mol. The quantitative estimate of drug-likeness (QED) is 0.0545. The second-order valence-corrected chi connectivity index (χ2v) is 16.7. The summed E-state index contributed by atoms with van der Waals surface area (Å²) in [6.07, 6.45) is 7.21. The molecule has 0 saturated carbocycles. The molecule has 6 heterocycles. The van der Waals surface area contributed by atoms with Crippen LogP contribution in [0.3, 0.4) is 0 Å². The van der Waals surface area contributed by atoms with Gasteiger partial charge in [-0.1, -0.05) is 36.2 Å². The van der Waals surface area contributed by atoms with E-state index in [2.05, 4.69) is 36.1 Å². The Morgan fingerprint density at radius 2 is 1.61 bits per heavy atom. The predicted octanol–water partition coefficient (Wildman–Crippen LogP) is 4.29. The van der Waals surface area contributed by atoms with Crippen LogP contribution in [-0.4, -0.2) is 142 Å². The second-order valence-electron chi connectivity index (χ2n) is 15.9. The van der Waals surface area contributed by atoms with Crippen molar-refractivity contribution in [3.8, 4) is 5.82 Å². The average Bonchev–Trinajstić information content (AvgIpc) is 4.04. The Balaban J connectivity index is 0.000000230. The van der Waals surface area contributed by atoms with Gasteiger partial charge in [-0.05, 0) is 44.0 Å². The first-order valence-electron chi connectivity index (χ1n) is 22.7. The highest BCUT2D eigenvalue weighted by Gasteiger charge is 2.45. The summed E-state index contributed by atoms with van der Waals surface area (Å²) >= 11 is 12.5. The average molecular weight is 1010 g/mol. The van der Waals surface area contributed by atoms with E-state index in [4.69, 9.17) is 46.9 Å². The molecule has 21 nitrogen and oxygen atoms in total. The fraction of sp³-hybridized carbons (Fsp3) is 0.447. The molecule has 4 aromatic heterocycles. The van der Waals surface area contributed by atoms with Crippen LogP contribution in [0.25, 0.3) is 11.5 Å². The fourth-order valence-corrected chi connectivity index (χ4v) is 7.94. The Morgan fingerprint density at radius 3 is 2.30 bits per heavy atom. The Bertz CT molecular complexity index is 2660. The van der Waals surface area contributed by atoms with Gasteiger partial charge in [0.1, 0.15) is 11.8 Å². The highest BCUT2D eigenvalue weighted by molar-refractivity contribution is 6.32. The number of hydrogen-bond donors (Lipinski definition) is 3. The van der Waals surface area contributed by atoms with Gasteiger partial charge in [0.15, 0.2) is 16.6 Å². The molecule has 2 aliphatic rings. The number of aromatic nitrogens is 6. The highest BCUT2D eigenvalue weighted by atomic mass is 35.5. The largest absolute Gasteiger partial charge is 0.382 e. The van der Waals surface area contributed by atoms with Crippen LogP contribution in [0.5, 0.6) is 0 Å². The lowest BCUT2D eigenvalue weighted by Gasteiger charge is -2.27. The molecule has 5 amide bonds. The molecule has 70 heavy (non-hydrogen) atoms. The third-order valence-electron chi connectivity index (χ3n) is 11.0. The summed E-state index contributed by atoms with van der Waals surface area (Å²) in [6.45, 7) is 10.4. The summed E-state index contributed by atoms with van der Waals surface area (Å²) < 4.78 is 30.1. The number of hydrogen-bond acceptors (Lipinski definition) is 16. The maximum atomic E-state index is 13.0. The number of piperidine rings is 1. The number of carbonyl (C=O) groups is 6. The van der Waals surface area contributed by atoms with E-state index in [1.807, 2.05) is 13.8 Å². The summed E-state index contributed by atoms with van der Waals surface area (Å²) in [7, 11) is 1.59. The normalized spacial score (nSPS) is 14.9. The van der Waals surface area contributed by atoms with Crippen LogP contribution in [0.4, 0.5) is 5.69 Å². The Labute approximate surface area is 413 Å². The molecule has 7 rings (SSSR count). The predicted molar refractivity (Wildman–Crippen MR) is 255 cm³/mol. The van der Waals surface area contributed by atoms with Crippen molar-refractivity contribution < 1.29 is 52.5 Å². The molecule has 5 aromatic rings. The van der Waals surface area contributed by atoms with Crippen LogP contribution < -0.4 is 16.0 Å². The molecular weight excluding hydrogens is 951 g/mol. The Kier molecular flexibility index (Phi) is 19.8. The number of anilines is 1. The number of imide groups is 2. The third-order valence-corrected chi connectivity index (χ3v) is 11.5. The Morgan fingerprint density at radius 1 is 0.886 bits per heavy atom. The van der Waals surface area contributed by atoms with E-state index >= 15 is 0 Å². The molecule has 0 bridgehead atoms. The number of nitrogens with zero attached hydrogens (tertiary/aromatic N) is 7. The van der Waals surface area contributed by atoms with E-state index in [-0.39, 0.29) is 54.6 Å². The molecule has 1 aromatic carbocycles. The summed E-state index contributed by atoms with van der Waals surface area (Å²) in [5, 5.41) is 17.3. The van der Waals surface area contributed by atoms with E-state index in [1.165, 1.54) is 4.68 Å². The first-order valence-corrected chi connectivity index (χ1v) is 23.5. The molecule has 3 N–H and O–H groups in total. The lowest BCUT2D eigenvalue weighted by molar-refractivity contribution is -0.136. The second kappa shape index (κ2) is 26.1. The van der Waals surface area contributed by atoms with Crippen molar-refractivity contribution in [3.63, 3.8) is 0 Å². The number of carbonyl (C=O) groups excluding carboxylic acids is 6. The Hall–Kier alpha value is -6.20. The number of pyridine rings is 1. The van der Waals surface area contributed by atoms with Gasteiger partial charge < -0.3 is 34.3 Å². The summed E-state index contributed by atoms with van der Waals surface area (Å²) in [5.41, 5.74) is 4.46. The van der Waals surface area contributed by atoms with Gasteiger partial charge in [0.25, 0.3) is 11.8 Å². The zero-order valence-electron chi connectivity index (χ0n) is 39.3. The first-order chi connectivity index (χ1) is 33.8. The van der Waals surface area contributed by atoms with Crippen molar-refractivity contribution in [3.05, 3.63) is 98.8 Å². The maximum absolute atomic E-state index is 13.0. The number of nitrogens with one attached hydrogen (secondary N) is 3. The lowest BCUT2D eigenvalue weighted by Crippen LogP contribution is -2.54. The molecule has 0 radical (unpaired) electrons. The molecule has 0 aliphatic carbocycles. The van der Waals surface area contributed by atoms with E-state index in [0.717, 1.165) is 16.2 Å². The van der Waals surface area contributed by atoms with Gasteiger partial charge in [0, 0.05) is 94.0 Å². The zero-order valence-corrected chi connectivity index (χ0v) is 40.8. The number of Topliss-reactive ketones (excluding diaryl/α,β-unsaturated/α-hetero) is 1. The number of halogens is 2. The number of ether oxygens (including phenoxy) is 5. The topological polar surface area (TPSA) is 249 Å². The lowest BCUT2D eigenvalue weighted by atomic mass is 10.0. The molecule has 0 spiro atoms. The minimum Gasteiger partial charge on any atom is -0.382 e. The summed E-state index contributed by atoms with van der Waals surface area (Å²) in [5.74, 6) is -1.77. The standard InChI is InChI=1S/C24H25Cl2N7O3.C23H31N3O8/c1-4-22(35)28-10-16-11-30-32(13-16)24-19(25)6-15(9-29-24)5-18(34)7-17-12-27-21-8-20(26)31-33(21)23(17)14(2)36-3;1-2-31-10-11-33-14-15-34-13-12-32-9-8-24-17-5-3-4-16-20(17)23(30)26(22(16)29)18-6-7-19(27)25-21(18)28/h6,8-9,11-14H,4-5,7,10H2,1-3H3,(H,28,35);3-5,18,24H,2,6-15H2,1H3,(H,25,27,28)/t14-;/m0./s1. The van der Waals surface area contributed by atoms with E-state index in [9.17, 15) is 28.8 Å². The van der Waals surface area contributed by atoms with Crippen molar-refractivity contribution in [2.24, 2.45) is 0 Å².